The second-order valence-corrected chi connectivity index (χ2v) is 50.0. The average molecular weight is 2100 g/mol. The van der Waals surface area contributed by atoms with Crippen molar-refractivity contribution in [2.24, 2.45) is 23.7 Å². The van der Waals surface area contributed by atoms with Crippen LogP contribution in [0.5, 0.6) is 0 Å². The maximum atomic E-state index is 9.31. The van der Waals surface area contributed by atoms with Gasteiger partial charge in [0, 0.05) is 71.6 Å². The first kappa shape index (κ1) is 99.0. The van der Waals surface area contributed by atoms with Crippen LogP contribution in [0.2, 0.25) is 36.9 Å². The third-order valence-corrected chi connectivity index (χ3v) is 26.0. The Hall–Kier alpha value is -5.24. The average Bonchev–Trinajstić information content (AvgIpc) is 0.757. The summed E-state index contributed by atoms with van der Waals surface area (Å²) in [5.41, 5.74) is 23.2. The van der Waals surface area contributed by atoms with E-state index >= 15 is 0 Å². The van der Waals surface area contributed by atoms with Crippen molar-refractivity contribution in [2.45, 2.75) is 269 Å². The number of fused-ring (bicyclic) bond motifs is 3. The maximum Gasteiger partial charge on any atom is 0.0779 e. The van der Waals surface area contributed by atoms with E-state index in [-0.39, 0.29) is 89.4 Å². The number of aliphatic hydroxyl groups is 6. The summed E-state index contributed by atoms with van der Waals surface area (Å²) in [6.07, 6.45) is 18.6. The molecule has 2 fully saturated rings. The molecule has 0 aliphatic heterocycles. The molecule has 0 amide bonds. The van der Waals surface area contributed by atoms with Crippen molar-refractivity contribution in [3.8, 4) is 33.8 Å². The molecule has 110 heavy (non-hydrogen) atoms. The van der Waals surface area contributed by atoms with Crippen LogP contribution in [0.1, 0.15) is 215 Å². The van der Waals surface area contributed by atoms with Crippen LogP contribution in [-0.4, -0.2) is 85.2 Å². The number of benzene rings is 6. The standard InChI is InChI=1S/C29H34N.C24H30GeN.C24H30NSi.C9H18O2.2C5H10O2.3Ir/c1-20-15-21(2)17-25(16-20)28-14-13-26-27(23-11-7-4-8-12-23)18-24(19-29(26)30-28)22-9-5-3-6-10-22;1-16(2)10-20-15-24-19(14-22(20)25(5,6)7)8-9-23(26-24)21-12-17(3)11-18(4)13-21;1-16(2)10-21-14-23-19(15-24(21)26(5,6)7)8-9-22(25-23)20-12-17(3)11-18(4)13-20;1-6(2)8(10)5-9(11)7(3)4;2*1-4(6)3-5(2)7;;;/h13-16,18-19,22-23H,3-12H2,1-2H3;2*8-9,11-12,14-16H,10H2,1-7H3;5-8,10-11H,1-4H3;2*3-4,6-7H,1-2H3;;;/q3*-1;;;;;;. The van der Waals surface area contributed by atoms with Gasteiger partial charge in [-0.05, 0) is 147 Å². The first-order valence-corrected chi connectivity index (χ1v) is 50.5. The molecule has 0 spiro atoms. The fourth-order valence-corrected chi connectivity index (χ4v) is 19.9. The molecule has 3 heterocycles. The van der Waals surface area contributed by atoms with Crippen LogP contribution in [-0.2, 0) is 73.2 Å². The van der Waals surface area contributed by atoms with E-state index in [1.807, 2.05) is 27.7 Å². The van der Waals surface area contributed by atoms with Gasteiger partial charge in [0.15, 0.2) is 0 Å². The molecule has 2 aliphatic rings. The van der Waals surface area contributed by atoms with E-state index in [9.17, 15) is 10.2 Å². The molecule has 11 rings (SSSR count). The molecule has 3 unspecified atom stereocenters. The fraction of sp³-hybridized carbons (Fsp3) is 0.469. The molecule has 605 valence electrons. The van der Waals surface area contributed by atoms with Gasteiger partial charge in [-0.15, -0.1) is 69.8 Å². The van der Waals surface area contributed by atoms with Crippen molar-refractivity contribution in [3.63, 3.8) is 0 Å². The predicted octanol–water partition coefficient (Wildman–Crippen LogP) is 24.3. The smallest absolute Gasteiger partial charge is 0.0779 e. The van der Waals surface area contributed by atoms with E-state index < -0.39 is 39.7 Å². The first-order valence-electron chi connectivity index (χ1n) is 39.7. The largest absolute Gasteiger partial charge is 0.296 e. The molecular formula is C96H132GeIr3N3O6Si-3. The first-order chi connectivity index (χ1) is 50.1. The van der Waals surface area contributed by atoms with Gasteiger partial charge in [-0.1, -0.05) is 169 Å². The number of hydrogen-bond donors (Lipinski definition) is 6. The van der Waals surface area contributed by atoms with Crippen LogP contribution in [0.3, 0.4) is 0 Å². The van der Waals surface area contributed by atoms with E-state index in [0.717, 1.165) is 69.1 Å². The third kappa shape index (κ3) is 32.2. The molecule has 6 aromatic carbocycles. The van der Waals surface area contributed by atoms with Crippen LogP contribution < -0.4 is 9.58 Å². The Morgan fingerprint density at radius 2 is 0.864 bits per heavy atom. The quantitative estimate of drug-likeness (QED) is 0.0314. The number of aryl methyl sites for hydroxylation is 6. The van der Waals surface area contributed by atoms with Crippen LogP contribution >= 0.6 is 0 Å². The third-order valence-electron chi connectivity index (χ3n) is 19.5. The van der Waals surface area contributed by atoms with Gasteiger partial charge in [-0.2, -0.15) is 0 Å². The molecule has 0 bridgehead atoms. The number of rotatable bonds is 16. The summed E-state index contributed by atoms with van der Waals surface area (Å²) in [4.78, 5) is 15.2. The Morgan fingerprint density at radius 3 is 1.23 bits per heavy atom. The summed E-state index contributed by atoms with van der Waals surface area (Å²) in [6, 6.07) is 51.4. The van der Waals surface area contributed by atoms with Crippen LogP contribution in [0, 0.1) is 83.4 Å². The molecule has 3 atom stereocenters. The summed E-state index contributed by atoms with van der Waals surface area (Å²) in [7, 11) is -1.39. The zero-order chi connectivity index (χ0) is 79.4. The monoisotopic (exact) mass is 2100 g/mol. The topological polar surface area (TPSA) is 160 Å². The SMILES string of the molecule is CC(C)C(O)=CC(O)C(C)C.CC(O)=CC(C)O.CC(O)=CC(C)O.Cc1[c-]c(-c2ccc3c(C4CCCCC4)cc(C4CCCCC4)cc3n2)cc(C)c1.Cc1[c-]c(-c2ccc3c[c]([Ge]([CH3])([CH3])[CH3])c(CC(C)C)cc3n2)cc(C)c1.Cc1[c-]c(-c2ccc3cc([Si](C)(C)C)c(CC(C)C)cc3n2)cc(C)c1.[Ir].[Ir].[Ir]. The van der Waals surface area contributed by atoms with Gasteiger partial charge in [-0.25, -0.2) is 0 Å². The number of nitrogens with zero attached hydrogens (tertiary/aromatic N) is 3. The maximum absolute atomic E-state index is 9.31. The molecular weight excluding hydrogens is 1970 g/mol. The van der Waals surface area contributed by atoms with E-state index in [1.54, 1.807) is 34.6 Å². The van der Waals surface area contributed by atoms with Crippen molar-refractivity contribution in [1.82, 2.24) is 15.0 Å². The summed E-state index contributed by atoms with van der Waals surface area (Å²) in [5, 5.41) is 57.9. The summed E-state index contributed by atoms with van der Waals surface area (Å²) < 4.78 is 1.62. The second kappa shape index (κ2) is 46.3. The van der Waals surface area contributed by atoms with E-state index in [4.69, 9.17) is 35.4 Å². The minimum Gasteiger partial charge on any atom is -0.296 e. The van der Waals surface area contributed by atoms with Crippen LogP contribution in [0.15, 0.2) is 145 Å². The fourth-order valence-electron chi connectivity index (χ4n) is 14.6. The van der Waals surface area contributed by atoms with Crippen LogP contribution in [0.25, 0.3) is 66.5 Å². The Labute approximate surface area is 708 Å². The van der Waals surface area contributed by atoms with E-state index in [0.29, 0.717) is 17.8 Å². The van der Waals surface area contributed by atoms with Crippen molar-refractivity contribution in [2.75, 3.05) is 0 Å². The van der Waals surface area contributed by atoms with Gasteiger partial charge < -0.3 is 30.6 Å². The normalized spacial score (nSPS) is 14.6. The number of pyridine rings is 3. The van der Waals surface area contributed by atoms with Gasteiger partial charge in [0.1, 0.15) is 0 Å². The Morgan fingerprint density at radius 1 is 0.473 bits per heavy atom. The number of aliphatic hydroxyl groups excluding tert-OH is 6. The van der Waals surface area contributed by atoms with Crippen LogP contribution in [0.4, 0.5) is 0 Å². The molecule has 2 aliphatic carbocycles. The number of hydrogen-bond acceptors (Lipinski definition) is 9. The molecule has 3 radical (unpaired) electrons. The second-order valence-electron chi connectivity index (χ2n) is 34.4. The van der Waals surface area contributed by atoms with Crippen molar-refractivity contribution >= 4 is 63.6 Å². The molecule has 0 saturated heterocycles. The number of allylic oxidation sites excluding steroid dienone is 3. The zero-order valence-corrected chi connectivity index (χ0v) is 81.1. The molecule has 9 nitrogen and oxygen atoms in total. The Bertz CT molecular complexity index is 4230. The zero-order valence-electron chi connectivity index (χ0n) is 70.8. The Kier molecular flexibility index (Phi) is 41.7. The molecule has 2 saturated carbocycles. The van der Waals surface area contributed by atoms with Crippen molar-refractivity contribution in [1.29, 1.82) is 0 Å². The summed E-state index contributed by atoms with van der Waals surface area (Å²) >= 11 is -1.92. The number of aromatic nitrogens is 3. The molecule has 14 heteroatoms. The van der Waals surface area contributed by atoms with Crippen molar-refractivity contribution in [3.05, 3.63) is 219 Å². The van der Waals surface area contributed by atoms with Gasteiger partial charge in [0.05, 0.1) is 54.7 Å². The van der Waals surface area contributed by atoms with Crippen molar-refractivity contribution < 1.29 is 91.0 Å². The molecule has 6 N–H and O–H groups in total. The minimum absolute atomic E-state index is 0. The minimum atomic E-state index is -1.92. The van der Waals surface area contributed by atoms with Gasteiger partial charge in [-0.3, -0.25) is 9.97 Å². The van der Waals surface area contributed by atoms with Gasteiger partial charge >= 0.3 is 161 Å². The summed E-state index contributed by atoms with van der Waals surface area (Å²) in [6.45, 7) is 43.1. The van der Waals surface area contributed by atoms with E-state index in [1.165, 1.54) is 157 Å². The van der Waals surface area contributed by atoms with Gasteiger partial charge in [0.25, 0.3) is 0 Å². The molecule has 9 aromatic rings. The van der Waals surface area contributed by atoms with Gasteiger partial charge in [0.2, 0.25) is 0 Å². The Balaban J connectivity index is 0.000000367. The van der Waals surface area contributed by atoms with E-state index in [2.05, 4.69) is 234 Å². The molecule has 3 aromatic heterocycles. The summed E-state index contributed by atoms with van der Waals surface area (Å²) in [5.74, 6) is 11.1. The predicted molar refractivity (Wildman–Crippen MR) is 464 cm³/mol.